The lowest BCUT2D eigenvalue weighted by atomic mass is 9.96. The first kappa shape index (κ1) is 12.7. The van der Waals surface area contributed by atoms with Gasteiger partial charge in [0, 0.05) is 20.1 Å². The Morgan fingerprint density at radius 1 is 1.33 bits per heavy atom. The second-order valence-corrected chi connectivity index (χ2v) is 5.14. The van der Waals surface area contributed by atoms with Crippen LogP contribution in [-0.2, 0) is 4.79 Å². The molecule has 0 atom stereocenters. The summed E-state index contributed by atoms with van der Waals surface area (Å²) in [5.74, 6) is -0.327. The van der Waals surface area contributed by atoms with E-state index in [9.17, 15) is 9.18 Å². The first-order valence-electron chi connectivity index (χ1n) is 5.92. The van der Waals surface area contributed by atoms with Crippen molar-refractivity contribution in [3.63, 3.8) is 0 Å². The summed E-state index contributed by atoms with van der Waals surface area (Å²) in [6.45, 7) is 5.03. The van der Waals surface area contributed by atoms with E-state index in [1.807, 2.05) is 18.7 Å². The van der Waals surface area contributed by atoms with Crippen LogP contribution in [0.2, 0.25) is 0 Å². The molecule has 1 aromatic rings. The Balaban J connectivity index is 2.41. The van der Waals surface area contributed by atoms with Gasteiger partial charge in [0.15, 0.2) is 0 Å². The number of rotatable bonds is 1. The van der Waals surface area contributed by atoms with Crippen LogP contribution >= 0.6 is 0 Å². The Morgan fingerprint density at radius 3 is 2.61 bits per heavy atom. The van der Waals surface area contributed by atoms with Crippen molar-refractivity contribution in [2.45, 2.75) is 19.4 Å². The molecule has 98 valence electrons. The number of benzene rings is 1. The molecule has 1 amide bonds. The van der Waals surface area contributed by atoms with Gasteiger partial charge in [-0.05, 0) is 32.0 Å². The molecule has 0 spiro atoms. The molecule has 18 heavy (non-hydrogen) atoms. The van der Waals surface area contributed by atoms with Crippen LogP contribution in [0.15, 0.2) is 18.2 Å². The highest BCUT2D eigenvalue weighted by Crippen LogP contribution is 2.32. The zero-order chi connectivity index (χ0) is 13.5. The summed E-state index contributed by atoms with van der Waals surface area (Å²) < 4.78 is 13.1. The van der Waals surface area contributed by atoms with Crippen LogP contribution < -0.4 is 10.6 Å². The molecule has 4 nitrogen and oxygen atoms in total. The van der Waals surface area contributed by atoms with Crippen LogP contribution in [-0.4, -0.2) is 36.5 Å². The number of nitrogens with zero attached hydrogens (tertiary/aromatic N) is 2. The first-order valence-corrected chi connectivity index (χ1v) is 5.92. The lowest BCUT2D eigenvalue weighted by molar-refractivity contribution is -0.136. The van der Waals surface area contributed by atoms with Gasteiger partial charge in [0.25, 0.3) is 0 Å². The lowest BCUT2D eigenvalue weighted by Crippen LogP contribution is -2.62. The Labute approximate surface area is 106 Å². The quantitative estimate of drug-likeness (QED) is 0.769. The van der Waals surface area contributed by atoms with E-state index >= 15 is 0 Å². The fourth-order valence-corrected chi connectivity index (χ4v) is 2.41. The summed E-state index contributed by atoms with van der Waals surface area (Å²) >= 11 is 0. The third-order valence-corrected chi connectivity index (χ3v) is 3.48. The summed E-state index contributed by atoms with van der Waals surface area (Å²) in [6.07, 6.45) is 0. The molecule has 0 saturated carbocycles. The predicted octanol–water partition coefficient (Wildman–Crippen LogP) is 1.46. The molecule has 2 rings (SSSR count). The Morgan fingerprint density at radius 2 is 2.00 bits per heavy atom. The van der Waals surface area contributed by atoms with Crippen LogP contribution in [0.25, 0.3) is 0 Å². The van der Waals surface area contributed by atoms with Crippen LogP contribution in [0.5, 0.6) is 0 Å². The van der Waals surface area contributed by atoms with Crippen molar-refractivity contribution in [1.29, 1.82) is 0 Å². The van der Waals surface area contributed by atoms with Crippen molar-refractivity contribution in [2.75, 3.05) is 30.8 Å². The minimum atomic E-state index is -0.668. The summed E-state index contributed by atoms with van der Waals surface area (Å²) in [5, 5.41) is 0. The van der Waals surface area contributed by atoms with Gasteiger partial charge < -0.3 is 15.5 Å². The van der Waals surface area contributed by atoms with Crippen molar-refractivity contribution in [3.05, 3.63) is 24.0 Å². The van der Waals surface area contributed by atoms with Crippen LogP contribution in [0.1, 0.15) is 13.8 Å². The highest BCUT2D eigenvalue weighted by molar-refractivity contribution is 5.91. The van der Waals surface area contributed by atoms with E-state index in [1.165, 1.54) is 12.1 Å². The smallest absolute Gasteiger partial charge is 0.247 e. The van der Waals surface area contributed by atoms with Gasteiger partial charge in [0.2, 0.25) is 5.91 Å². The second-order valence-electron chi connectivity index (χ2n) is 5.14. The van der Waals surface area contributed by atoms with Crippen molar-refractivity contribution < 1.29 is 9.18 Å². The number of piperazine rings is 1. The largest absolute Gasteiger partial charge is 0.397 e. The maximum absolute atomic E-state index is 13.1. The Bertz CT molecular complexity index is 487. The molecule has 1 aliphatic heterocycles. The first-order chi connectivity index (χ1) is 8.34. The zero-order valence-electron chi connectivity index (χ0n) is 10.9. The number of carbonyl (C=O) groups excluding carboxylic acids is 1. The average Bonchev–Trinajstić information content (AvgIpc) is 2.28. The van der Waals surface area contributed by atoms with Gasteiger partial charge in [0.1, 0.15) is 11.4 Å². The molecule has 0 aromatic heterocycles. The number of nitrogens with two attached hydrogens (primary N) is 1. The van der Waals surface area contributed by atoms with E-state index in [2.05, 4.69) is 0 Å². The van der Waals surface area contributed by atoms with E-state index in [1.54, 1.807) is 18.0 Å². The van der Waals surface area contributed by atoms with Crippen molar-refractivity contribution in [2.24, 2.45) is 0 Å². The van der Waals surface area contributed by atoms with Gasteiger partial charge in [-0.2, -0.15) is 0 Å². The molecule has 0 bridgehead atoms. The molecule has 1 heterocycles. The predicted molar refractivity (Wildman–Crippen MR) is 69.9 cm³/mol. The SMILES string of the molecule is CN1CCN(c2ccc(F)cc2N)C(C)(C)C1=O. The number of likely N-dealkylation sites (N-methyl/N-ethyl adjacent to an activating group) is 1. The number of hydrogen-bond acceptors (Lipinski definition) is 3. The highest BCUT2D eigenvalue weighted by Gasteiger charge is 2.41. The van der Waals surface area contributed by atoms with Crippen LogP contribution in [0, 0.1) is 5.82 Å². The average molecular weight is 251 g/mol. The number of amides is 1. The summed E-state index contributed by atoms with van der Waals surface area (Å²) in [7, 11) is 1.79. The monoisotopic (exact) mass is 251 g/mol. The van der Waals surface area contributed by atoms with Gasteiger partial charge in [-0.1, -0.05) is 0 Å². The fourth-order valence-electron chi connectivity index (χ4n) is 2.41. The van der Waals surface area contributed by atoms with E-state index in [0.29, 0.717) is 24.5 Å². The van der Waals surface area contributed by atoms with Gasteiger partial charge in [-0.3, -0.25) is 4.79 Å². The topological polar surface area (TPSA) is 49.6 Å². The molecule has 1 fully saturated rings. The van der Waals surface area contributed by atoms with Gasteiger partial charge in [0.05, 0.1) is 11.4 Å². The van der Waals surface area contributed by atoms with Crippen LogP contribution in [0.3, 0.4) is 0 Å². The normalized spacial score (nSPS) is 19.2. The zero-order valence-corrected chi connectivity index (χ0v) is 10.9. The van der Waals surface area contributed by atoms with Crippen molar-refractivity contribution in [1.82, 2.24) is 4.90 Å². The third kappa shape index (κ3) is 1.89. The summed E-state index contributed by atoms with van der Waals surface area (Å²) in [6, 6.07) is 4.28. The molecule has 1 aromatic carbocycles. The minimum absolute atomic E-state index is 0.0393. The number of hydrogen-bond donors (Lipinski definition) is 1. The van der Waals surface area contributed by atoms with E-state index < -0.39 is 5.54 Å². The molecule has 0 unspecified atom stereocenters. The third-order valence-electron chi connectivity index (χ3n) is 3.48. The summed E-state index contributed by atoms with van der Waals surface area (Å²) in [4.78, 5) is 15.8. The molecule has 5 heteroatoms. The highest BCUT2D eigenvalue weighted by atomic mass is 19.1. The van der Waals surface area contributed by atoms with Gasteiger partial charge in [-0.25, -0.2) is 4.39 Å². The molecular formula is C13H18FN3O. The molecule has 0 aliphatic carbocycles. The fraction of sp³-hybridized carbons (Fsp3) is 0.462. The van der Waals surface area contributed by atoms with E-state index in [4.69, 9.17) is 5.73 Å². The maximum atomic E-state index is 13.1. The number of anilines is 2. The Hall–Kier alpha value is -1.78. The molecule has 1 saturated heterocycles. The number of nitrogen functional groups attached to an aromatic ring is 1. The van der Waals surface area contributed by atoms with Gasteiger partial charge in [-0.15, -0.1) is 0 Å². The lowest BCUT2D eigenvalue weighted by Gasteiger charge is -2.46. The van der Waals surface area contributed by atoms with Gasteiger partial charge >= 0.3 is 0 Å². The maximum Gasteiger partial charge on any atom is 0.247 e. The van der Waals surface area contributed by atoms with Crippen molar-refractivity contribution in [3.8, 4) is 0 Å². The standard InChI is InChI=1S/C13H18FN3O/c1-13(2)12(18)16(3)6-7-17(13)11-5-4-9(14)8-10(11)15/h4-5,8H,6-7,15H2,1-3H3. The molecular weight excluding hydrogens is 233 g/mol. The molecule has 1 aliphatic rings. The molecule has 2 N–H and O–H groups in total. The van der Waals surface area contributed by atoms with E-state index in [-0.39, 0.29) is 11.7 Å². The second kappa shape index (κ2) is 4.15. The minimum Gasteiger partial charge on any atom is -0.397 e. The van der Waals surface area contributed by atoms with E-state index in [0.717, 1.165) is 0 Å². The summed E-state index contributed by atoms with van der Waals surface area (Å²) in [5.41, 5.74) is 6.25. The molecule has 0 radical (unpaired) electrons. The van der Waals surface area contributed by atoms with Crippen molar-refractivity contribution >= 4 is 17.3 Å². The number of halogens is 1. The number of carbonyl (C=O) groups is 1. The van der Waals surface area contributed by atoms with Crippen LogP contribution in [0.4, 0.5) is 15.8 Å². The Kier molecular flexibility index (Phi) is 2.92.